The Labute approximate surface area is 411 Å². The van der Waals surface area contributed by atoms with E-state index in [1.807, 2.05) is 0 Å². The third kappa shape index (κ3) is 6.67. The number of quaternary nitrogens is 4. The molecule has 8 atom stereocenters. The van der Waals surface area contributed by atoms with Crippen molar-refractivity contribution in [3.05, 3.63) is 59.2 Å². The number of halogens is 4. The van der Waals surface area contributed by atoms with E-state index in [1.54, 1.807) is 0 Å². The molecule has 14 heterocycles. The van der Waals surface area contributed by atoms with E-state index in [2.05, 4.69) is 75.6 Å². The van der Waals surface area contributed by atoms with E-state index in [0.717, 1.165) is 26.2 Å². The molecule has 2 aromatic heterocycles. The molecule has 18 heteroatoms. The van der Waals surface area contributed by atoms with Crippen LogP contribution in [0, 0.1) is 0 Å². The predicted molar refractivity (Wildman–Crippen MR) is 219 cm³/mol. The van der Waals surface area contributed by atoms with Crippen LogP contribution in [-0.4, -0.2) is 261 Å². The van der Waals surface area contributed by atoms with Crippen LogP contribution < -0.4 is 67.9 Å². The van der Waals surface area contributed by atoms with Crippen LogP contribution in [-0.2, 0) is 26.2 Å². The van der Waals surface area contributed by atoms with Gasteiger partial charge in [0.25, 0.3) is 0 Å². The van der Waals surface area contributed by atoms with Crippen LogP contribution in [0.2, 0.25) is 0 Å². The zero-order chi connectivity index (χ0) is 37.8. The molecule has 0 aromatic carbocycles. The molecular weight excluding hydrogens is 1040 g/mol. The zero-order valence-electron chi connectivity index (χ0n) is 36.5. The monoisotopic (exact) mass is 1110 g/mol. The molecule has 12 fully saturated rings. The van der Waals surface area contributed by atoms with Crippen LogP contribution in [0.5, 0.6) is 0 Å². The predicted octanol–water partition coefficient (Wildman–Crippen LogP) is -13.0. The van der Waals surface area contributed by atoms with Gasteiger partial charge in [-0.3, -0.25) is 37.5 Å². The lowest BCUT2D eigenvalue weighted by Gasteiger charge is -2.56. The molecule has 12 aliphatic heterocycles. The Kier molecular flexibility index (Phi) is 12.3. The summed E-state index contributed by atoms with van der Waals surface area (Å²) in [6.45, 7) is 34.6. The lowest BCUT2D eigenvalue weighted by molar-refractivity contribution is -1.04. The largest absolute Gasteiger partial charge is 1.00 e. The van der Waals surface area contributed by atoms with Gasteiger partial charge in [-0.05, 0) is 24.3 Å². The fourth-order valence-corrected chi connectivity index (χ4v) is 16.4. The summed E-state index contributed by atoms with van der Waals surface area (Å²) in [5, 5.41) is 0. The number of aromatic nitrogens is 2. The summed E-state index contributed by atoms with van der Waals surface area (Å²) >= 11 is 0. The van der Waals surface area contributed by atoms with Gasteiger partial charge in [0, 0.05) is 65.4 Å². The average Bonchev–Trinajstić information content (AvgIpc) is 4.09. The van der Waals surface area contributed by atoms with Crippen molar-refractivity contribution in [2.45, 2.75) is 63.2 Å². The van der Waals surface area contributed by atoms with Crippen molar-refractivity contribution in [3.63, 3.8) is 0 Å². The summed E-state index contributed by atoms with van der Waals surface area (Å²) in [7, 11) is 0. The van der Waals surface area contributed by atoms with Gasteiger partial charge < -0.3 is 67.9 Å². The second kappa shape index (κ2) is 16.8. The topological polar surface area (TPSA) is 51.7 Å². The summed E-state index contributed by atoms with van der Waals surface area (Å²) in [5.74, 6) is 0. The zero-order valence-corrected chi connectivity index (χ0v) is 42.8. The minimum absolute atomic E-state index is 0. The van der Waals surface area contributed by atoms with Gasteiger partial charge in [0.1, 0.15) is 38.5 Å². The second-order valence-electron chi connectivity index (χ2n) is 21.3. The van der Waals surface area contributed by atoms with Gasteiger partial charge in [0.2, 0.25) is 12.3 Å². The molecule has 2 aromatic rings. The van der Waals surface area contributed by atoms with Crippen LogP contribution in [0.3, 0.4) is 0 Å². The van der Waals surface area contributed by atoms with E-state index in [-0.39, 0.29) is 67.9 Å². The van der Waals surface area contributed by atoms with Crippen LogP contribution in [0.25, 0.3) is 0 Å². The molecule has 14 rings (SSSR count). The molecule has 342 valence electrons. The number of nitrogens with zero attached hydrogens (tertiary/aromatic N) is 14. The Morgan fingerprint density at radius 2 is 0.548 bits per heavy atom. The first-order valence-corrected chi connectivity index (χ1v) is 23.7. The molecule has 8 unspecified atom stereocenters. The molecule has 62 heavy (non-hydrogen) atoms. The summed E-state index contributed by atoms with van der Waals surface area (Å²) in [5.41, 5.74) is 5.37. The van der Waals surface area contributed by atoms with Crippen LogP contribution in [0.4, 0.5) is 0 Å². The van der Waals surface area contributed by atoms with Crippen LogP contribution in [0.1, 0.15) is 22.8 Å². The SMILES string of the molecule is [Br-].[Br-].[Br-].[Br-].c1cc(C[N+]23CCN4CCN5CCN(CC2)C3C54)nc(C[N+]23CCN4CC[N+]5(Cc6cccc(C[N+]78CCN9CCN%10CCN(CC7)C8C%109)n6)CCN(CC2)C5C43)c1. The van der Waals surface area contributed by atoms with Crippen molar-refractivity contribution in [1.29, 1.82) is 0 Å². The summed E-state index contributed by atoms with van der Waals surface area (Å²) in [6, 6.07) is 14.2. The fraction of sp³-hybridized carbons (Fsp3) is 0.773. The molecule has 14 nitrogen and oxygen atoms in total. The van der Waals surface area contributed by atoms with Gasteiger partial charge in [0.05, 0.1) is 114 Å². The second-order valence-corrected chi connectivity index (χ2v) is 21.3. The van der Waals surface area contributed by atoms with Gasteiger partial charge in [-0.25, -0.2) is 29.6 Å². The Morgan fingerprint density at radius 1 is 0.323 bits per heavy atom. The Hall–Kier alpha value is -0.260. The van der Waals surface area contributed by atoms with Crippen molar-refractivity contribution in [2.75, 3.05) is 157 Å². The molecule has 12 aliphatic rings. The smallest absolute Gasteiger partial charge is 0.214 e. The summed E-state index contributed by atoms with van der Waals surface area (Å²) < 4.78 is 4.88. The van der Waals surface area contributed by atoms with Crippen molar-refractivity contribution in [1.82, 2.24) is 49.2 Å². The number of piperazine rings is 6. The van der Waals surface area contributed by atoms with Gasteiger partial charge >= 0.3 is 0 Å². The molecule has 0 bridgehead atoms. The van der Waals surface area contributed by atoms with Crippen molar-refractivity contribution >= 4 is 0 Å². The molecule has 0 spiro atoms. The Balaban J connectivity index is 0.00000115. The van der Waals surface area contributed by atoms with E-state index in [9.17, 15) is 0 Å². The number of rotatable bonds is 8. The molecule has 0 radical (unpaired) electrons. The maximum absolute atomic E-state index is 5.63. The quantitative estimate of drug-likeness (QED) is 0.239. The first-order chi connectivity index (χ1) is 28.5. The highest BCUT2D eigenvalue weighted by molar-refractivity contribution is 5.13. The number of hydrogen-bond donors (Lipinski definition) is 0. The van der Waals surface area contributed by atoms with E-state index in [0.29, 0.717) is 37.0 Å². The van der Waals surface area contributed by atoms with Crippen molar-refractivity contribution in [2.24, 2.45) is 0 Å². The fourth-order valence-electron chi connectivity index (χ4n) is 16.4. The summed E-state index contributed by atoms with van der Waals surface area (Å²) in [6.07, 6.45) is 3.60. The van der Waals surface area contributed by atoms with Crippen LogP contribution >= 0.6 is 0 Å². The number of hydrogen-bond acceptors (Lipinski definition) is 10. The van der Waals surface area contributed by atoms with E-state index in [1.165, 1.54) is 198 Å². The molecule has 0 saturated carbocycles. The van der Waals surface area contributed by atoms with E-state index >= 15 is 0 Å². The lowest BCUT2D eigenvalue weighted by atomic mass is 10.0. The third-order valence-electron chi connectivity index (χ3n) is 19.0. The average molecular weight is 1110 g/mol. The molecule has 0 aliphatic carbocycles. The maximum Gasteiger partial charge on any atom is 0.214 e. The summed E-state index contributed by atoms with van der Waals surface area (Å²) in [4.78, 5) is 34.0. The molecule has 0 N–H and O–H groups in total. The van der Waals surface area contributed by atoms with Crippen LogP contribution in [0.15, 0.2) is 36.4 Å². The molecular formula is C44H68Br4N14. The maximum atomic E-state index is 5.63. The highest BCUT2D eigenvalue weighted by atomic mass is 79.9. The number of pyridine rings is 2. The molecule has 0 amide bonds. The first kappa shape index (κ1) is 45.5. The van der Waals surface area contributed by atoms with Gasteiger partial charge in [-0.2, -0.15) is 0 Å². The standard InChI is InChI=1S/C44H68N14.4BrH/c1-3-35(31-55-23-15-49-9-7-47-11-13-51(17-25-55)41(55)39(47)49)45-37(5-1)33-57-27-19-53-22-30-58(28-20-54(21-29-57)44(58)43(53)57)34-38-6-2-4-36(46-38)32-56-24-16-50-10-8-48-12-14-52(18-26-56)42(56)40(48)50;;;;/h1-6,39-44H,7-34H2;4*1H/q+4;;;;/p-4. The van der Waals surface area contributed by atoms with Gasteiger partial charge in [0.15, 0.2) is 12.3 Å². The first-order valence-electron chi connectivity index (χ1n) is 23.7. The highest BCUT2D eigenvalue weighted by Crippen LogP contribution is 2.46. The lowest BCUT2D eigenvalue weighted by Crippen LogP contribution is -3.00. The normalized spacial score (nSPS) is 42.1. The highest BCUT2D eigenvalue weighted by Gasteiger charge is 2.68. The minimum Gasteiger partial charge on any atom is -1.00 e. The van der Waals surface area contributed by atoms with E-state index in [4.69, 9.17) is 9.97 Å². The molecule has 12 saturated heterocycles. The van der Waals surface area contributed by atoms with Crippen molar-refractivity contribution in [3.8, 4) is 0 Å². The van der Waals surface area contributed by atoms with Crippen molar-refractivity contribution < 1.29 is 85.9 Å². The minimum atomic E-state index is 0. The Bertz CT molecular complexity index is 1840. The third-order valence-corrected chi connectivity index (χ3v) is 19.0. The van der Waals surface area contributed by atoms with Gasteiger partial charge in [-0.15, -0.1) is 0 Å². The Morgan fingerprint density at radius 3 is 0.855 bits per heavy atom. The van der Waals surface area contributed by atoms with Gasteiger partial charge in [-0.1, -0.05) is 12.1 Å². The van der Waals surface area contributed by atoms with E-state index < -0.39 is 0 Å².